The molecule has 0 saturated heterocycles. The fourth-order valence-electron chi connectivity index (χ4n) is 3.52. The molecule has 0 spiro atoms. The molecule has 2 aromatic carbocycles. The Morgan fingerprint density at radius 2 is 1.84 bits per heavy atom. The van der Waals surface area contributed by atoms with Crippen LogP contribution in [0.2, 0.25) is 0 Å². The summed E-state index contributed by atoms with van der Waals surface area (Å²) in [6.07, 6.45) is 0.423. The van der Waals surface area contributed by atoms with Crippen LogP contribution in [0.4, 0.5) is 4.39 Å². The predicted octanol–water partition coefficient (Wildman–Crippen LogP) is 3.72. The fraction of sp³-hybridized carbons (Fsp3) is 0.273. The first kappa shape index (κ1) is 29.3. The molecule has 1 unspecified atom stereocenters. The minimum Gasteiger partial charge on any atom is -0.426 e. The molecule has 1 heterocycles. The molecule has 0 bridgehead atoms. The van der Waals surface area contributed by atoms with Crippen molar-refractivity contribution in [3.05, 3.63) is 81.5 Å². The zero-order chi connectivity index (χ0) is 21.8. The van der Waals surface area contributed by atoms with Gasteiger partial charge in [-0.1, -0.05) is 38.1 Å². The molecule has 0 aliphatic carbocycles. The Morgan fingerprint density at radius 3 is 2.47 bits per heavy atom. The molecule has 1 atom stereocenters. The number of halogens is 1. The van der Waals surface area contributed by atoms with Gasteiger partial charge >= 0.3 is 8.25 Å². The van der Waals surface area contributed by atoms with Gasteiger partial charge in [0, 0.05) is 76.9 Å². The maximum absolute atomic E-state index is 13.6. The summed E-state index contributed by atoms with van der Waals surface area (Å²) < 4.78 is 31.5. The molecule has 3 rings (SSSR count). The summed E-state index contributed by atoms with van der Waals surface area (Å²) in [6, 6.07) is 12.9. The molecule has 1 N–H and O–H groups in total. The summed E-state index contributed by atoms with van der Waals surface area (Å²) in [5.74, 6) is 0.154. The van der Waals surface area contributed by atoms with Gasteiger partial charge in [-0.3, -0.25) is 9.36 Å². The zero-order valence-electron chi connectivity index (χ0n) is 19.1. The Bertz CT molecular complexity index is 1160. The van der Waals surface area contributed by atoms with Crippen molar-refractivity contribution in [1.82, 2.24) is 9.55 Å². The number of hydrogen-bond donors (Lipinski definition) is 1. The van der Waals surface area contributed by atoms with E-state index in [1.165, 1.54) is 16.7 Å². The van der Waals surface area contributed by atoms with Crippen LogP contribution in [0.1, 0.15) is 36.6 Å². The minimum atomic E-state index is -3.24. The second-order valence-electron chi connectivity index (χ2n) is 7.29. The molecule has 10 heteroatoms. The molecule has 32 heavy (non-hydrogen) atoms. The molecule has 3 aromatic rings. The van der Waals surface area contributed by atoms with Crippen LogP contribution in [0, 0.1) is 12.7 Å². The SMILES string of the molecule is Cc1nc(-c2ccccc2O[PH](=O)O)n(CCc2cccc(F)c2)c(=O)c1C(C)C.[Na].[Na]. The molecule has 0 amide bonds. The standard InChI is InChI=1S/C22H24FN2O4P.2Na/c1-14(2)20-15(3)24-21(18-9-4-5-10-19(18)29-30(27)28)25(22(20)26)12-11-16-7-6-8-17(23)13-16;;/h4-10,13-14,30H,11-12H2,1-3H3,(H,27,28);;. The van der Waals surface area contributed by atoms with Gasteiger partial charge in [0.25, 0.3) is 5.56 Å². The summed E-state index contributed by atoms with van der Waals surface area (Å²) in [7, 11) is -3.24. The molecule has 6 nitrogen and oxygen atoms in total. The van der Waals surface area contributed by atoms with Crippen LogP contribution in [-0.2, 0) is 17.5 Å². The number of hydrogen-bond acceptors (Lipinski definition) is 4. The maximum atomic E-state index is 13.6. The van der Waals surface area contributed by atoms with Crippen molar-refractivity contribution in [2.45, 2.75) is 39.7 Å². The van der Waals surface area contributed by atoms with Crippen LogP contribution in [0.15, 0.2) is 53.3 Å². The van der Waals surface area contributed by atoms with Gasteiger partial charge in [0.05, 0.1) is 5.56 Å². The van der Waals surface area contributed by atoms with Crippen LogP contribution in [-0.4, -0.2) is 73.6 Å². The molecule has 1 aromatic heterocycles. The van der Waals surface area contributed by atoms with Crippen molar-refractivity contribution in [1.29, 1.82) is 0 Å². The minimum absolute atomic E-state index is 0. The van der Waals surface area contributed by atoms with Crippen LogP contribution >= 0.6 is 8.25 Å². The average molecular weight is 476 g/mol. The summed E-state index contributed by atoms with van der Waals surface area (Å²) in [5.41, 5.74) is 2.21. The van der Waals surface area contributed by atoms with Crippen molar-refractivity contribution in [2.24, 2.45) is 0 Å². The Kier molecular flexibility index (Phi) is 12.1. The van der Waals surface area contributed by atoms with Gasteiger partial charge in [-0.05, 0) is 49.1 Å². The van der Waals surface area contributed by atoms with Gasteiger partial charge in [-0.2, -0.15) is 0 Å². The van der Waals surface area contributed by atoms with E-state index >= 15 is 0 Å². The Balaban J connectivity index is 0.00000256. The monoisotopic (exact) mass is 476 g/mol. The smallest absolute Gasteiger partial charge is 0.365 e. The summed E-state index contributed by atoms with van der Waals surface area (Å²) in [6.45, 7) is 5.90. The zero-order valence-corrected chi connectivity index (χ0v) is 24.1. The number of benzene rings is 2. The first-order valence-electron chi connectivity index (χ1n) is 9.64. The van der Waals surface area contributed by atoms with E-state index in [4.69, 9.17) is 4.52 Å². The van der Waals surface area contributed by atoms with Gasteiger partial charge < -0.3 is 9.42 Å². The van der Waals surface area contributed by atoms with Crippen molar-refractivity contribution in [2.75, 3.05) is 0 Å². The van der Waals surface area contributed by atoms with Crippen molar-refractivity contribution >= 4 is 67.4 Å². The molecule has 160 valence electrons. The van der Waals surface area contributed by atoms with Crippen molar-refractivity contribution in [3.8, 4) is 17.1 Å². The molecular weight excluding hydrogens is 452 g/mol. The van der Waals surface area contributed by atoms with Crippen molar-refractivity contribution < 1.29 is 18.4 Å². The van der Waals surface area contributed by atoms with Crippen molar-refractivity contribution in [3.63, 3.8) is 0 Å². The van der Waals surface area contributed by atoms with E-state index in [1.54, 1.807) is 43.3 Å². The summed E-state index contributed by atoms with van der Waals surface area (Å²) in [5, 5.41) is 0. The van der Waals surface area contributed by atoms with Crippen LogP contribution in [0.5, 0.6) is 5.75 Å². The van der Waals surface area contributed by atoms with Gasteiger partial charge in [-0.25, -0.2) is 13.9 Å². The van der Waals surface area contributed by atoms with E-state index in [2.05, 4.69) is 4.98 Å². The Morgan fingerprint density at radius 1 is 1.16 bits per heavy atom. The van der Waals surface area contributed by atoms with E-state index in [-0.39, 0.29) is 88.7 Å². The Labute approximate surface area is 231 Å². The summed E-state index contributed by atoms with van der Waals surface area (Å²) >= 11 is 0. The third kappa shape index (κ3) is 7.12. The van der Waals surface area contributed by atoms with E-state index in [9.17, 15) is 18.6 Å². The fourth-order valence-corrected chi connectivity index (χ4v) is 3.89. The molecule has 0 aliphatic rings. The van der Waals surface area contributed by atoms with Gasteiger partial charge in [0.15, 0.2) is 0 Å². The largest absolute Gasteiger partial charge is 0.426 e. The van der Waals surface area contributed by atoms with E-state index in [1.807, 2.05) is 13.8 Å². The molecular formula is C22H24FN2Na2O4P. The van der Waals surface area contributed by atoms with Gasteiger partial charge in [0.1, 0.15) is 17.4 Å². The average Bonchev–Trinajstić information content (AvgIpc) is 2.66. The molecule has 2 radical (unpaired) electrons. The normalized spacial score (nSPS) is 11.4. The number of para-hydroxylation sites is 1. The third-order valence-electron chi connectivity index (χ3n) is 4.81. The maximum Gasteiger partial charge on any atom is 0.365 e. The predicted molar refractivity (Wildman–Crippen MR) is 126 cm³/mol. The Hall–Kier alpha value is -0.760. The number of aromatic nitrogens is 2. The molecule has 0 fully saturated rings. The van der Waals surface area contributed by atoms with E-state index < -0.39 is 8.25 Å². The summed E-state index contributed by atoms with van der Waals surface area (Å²) in [4.78, 5) is 27.3. The molecule has 0 aliphatic heterocycles. The second-order valence-corrected chi connectivity index (χ2v) is 8.03. The number of nitrogens with zero attached hydrogens (tertiary/aromatic N) is 2. The topological polar surface area (TPSA) is 81.4 Å². The number of aryl methyl sites for hydroxylation is 2. The number of rotatable bonds is 7. The van der Waals surface area contributed by atoms with Gasteiger partial charge in [0.2, 0.25) is 0 Å². The third-order valence-corrected chi connectivity index (χ3v) is 5.20. The first-order valence-corrected chi connectivity index (χ1v) is 10.9. The van der Waals surface area contributed by atoms with Crippen LogP contribution < -0.4 is 10.1 Å². The quantitative estimate of drug-likeness (QED) is 0.415. The van der Waals surface area contributed by atoms with Gasteiger partial charge in [-0.15, -0.1) is 0 Å². The van der Waals surface area contributed by atoms with E-state index in [0.717, 1.165) is 5.56 Å². The first-order chi connectivity index (χ1) is 14.3. The molecule has 0 saturated carbocycles. The van der Waals surface area contributed by atoms with E-state index in [0.29, 0.717) is 29.1 Å². The van der Waals surface area contributed by atoms with Crippen LogP contribution in [0.25, 0.3) is 11.4 Å². The second kappa shape index (κ2) is 13.2. The van der Waals surface area contributed by atoms with Crippen LogP contribution in [0.3, 0.4) is 0 Å².